The van der Waals surface area contributed by atoms with Crippen LogP contribution < -0.4 is 20.9 Å². The van der Waals surface area contributed by atoms with E-state index in [4.69, 9.17) is 5.73 Å². The Hall–Kier alpha value is -2.75. The van der Waals surface area contributed by atoms with Crippen molar-refractivity contribution in [2.24, 2.45) is 5.73 Å². The maximum Gasteiger partial charge on any atom is 0.252 e. The van der Waals surface area contributed by atoms with E-state index in [2.05, 4.69) is 34.9 Å². The fraction of sp³-hybridized carbons (Fsp3) is 0.633. The van der Waals surface area contributed by atoms with Crippen molar-refractivity contribution in [3.63, 3.8) is 0 Å². The second-order valence-corrected chi connectivity index (χ2v) is 11.7. The summed E-state index contributed by atoms with van der Waals surface area (Å²) >= 11 is 0. The van der Waals surface area contributed by atoms with Crippen molar-refractivity contribution in [3.8, 4) is 0 Å². The molecule has 2 aromatic heterocycles. The van der Waals surface area contributed by atoms with Crippen LogP contribution in [0.15, 0.2) is 36.7 Å². The monoisotopic (exact) mass is 532 g/mol. The molecule has 9 nitrogen and oxygen atoms in total. The maximum absolute atomic E-state index is 13.2. The highest BCUT2D eigenvalue weighted by atomic mass is 16.1. The van der Waals surface area contributed by atoms with Crippen LogP contribution in [0.25, 0.3) is 0 Å². The summed E-state index contributed by atoms with van der Waals surface area (Å²) in [5.74, 6) is 1.62. The minimum Gasteiger partial charge on any atom is -0.354 e. The van der Waals surface area contributed by atoms with Gasteiger partial charge in [0.2, 0.25) is 0 Å². The molecule has 2 aliphatic heterocycles. The number of amides is 1. The number of pyridine rings is 2. The highest BCUT2D eigenvalue weighted by Gasteiger charge is 2.28. The molecule has 1 atom stereocenters. The molecular formula is C30H44N8O. The molecule has 39 heavy (non-hydrogen) atoms. The molecule has 2 aromatic rings. The van der Waals surface area contributed by atoms with Gasteiger partial charge < -0.3 is 20.9 Å². The Bertz CT molecular complexity index is 1100. The number of hydrogen-bond acceptors (Lipinski definition) is 8. The summed E-state index contributed by atoms with van der Waals surface area (Å²) in [4.78, 5) is 32.3. The first kappa shape index (κ1) is 26.5. The third-order valence-corrected chi connectivity index (χ3v) is 9.38. The van der Waals surface area contributed by atoms with Crippen LogP contribution in [0.1, 0.15) is 73.5 Å². The molecule has 0 bridgehead atoms. The van der Waals surface area contributed by atoms with E-state index in [0.717, 1.165) is 81.6 Å². The van der Waals surface area contributed by atoms with Crippen LogP contribution >= 0.6 is 0 Å². The lowest BCUT2D eigenvalue weighted by Gasteiger charge is -2.38. The van der Waals surface area contributed by atoms with Crippen LogP contribution in [0, 0.1) is 0 Å². The number of rotatable bonds is 7. The second-order valence-electron chi connectivity index (χ2n) is 11.7. The quantitative estimate of drug-likeness (QED) is 0.526. The first-order chi connectivity index (χ1) is 19.1. The van der Waals surface area contributed by atoms with E-state index in [1.807, 2.05) is 18.2 Å². The minimum atomic E-state index is -0.606. The summed E-state index contributed by atoms with van der Waals surface area (Å²) < 4.78 is 0. The molecule has 2 saturated carbocycles. The summed E-state index contributed by atoms with van der Waals surface area (Å²) in [6.45, 7) is 8.14. The first-order valence-corrected chi connectivity index (χ1v) is 15.1. The highest BCUT2D eigenvalue weighted by Crippen LogP contribution is 2.27. The van der Waals surface area contributed by atoms with Crippen molar-refractivity contribution in [2.75, 3.05) is 62.2 Å². The molecule has 6 rings (SSSR count). The summed E-state index contributed by atoms with van der Waals surface area (Å²) in [5.41, 5.74) is 7.93. The Labute approximate surface area is 232 Å². The highest BCUT2D eigenvalue weighted by molar-refractivity contribution is 5.95. The molecule has 0 radical (unpaired) electrons. The van der Waals surface area contributed by atoms with Crippen molar-refractivity contribution in [3.05, 3.63) is 47.8 Å². The number of anilines is 2. The van der Waals surface area contributed by atoms with Gasteiger partial charge in [0.1, 0.15) is 17.8 Å². The average molecular weight is 533 g/mol. The molecule has 3 N–H and O–H groups in total. The SMILES string of the molecule is NC(NC(=O)c1ccnc(N2CCN(C3CCCC3)CC2)c1)c1ccnc(N2CCN(C3CCCC3)CC2)c1. The van der Waals surface area contributed by atoms with E-state index in [0.29, 0.717) is 5.56 Å². The lowest BCUT2D eigenvalue weighted by atomic mass is 10.1. The van der Waals surface area contributed by atoms with Gasteiger partial charge in [0.15, 0.2) is 0 Å². The van der Waals surface area contributed by atoms with E-state index in [9.17, 15) is 4.79 Å². The van der Waals surface area contributed by atoms with Gasteiger partial charge in [-0.2, -0.15) is 0 Å². The zero-order valence-electron chi connectivity index (χ0n) is 23.2. The predicted octanol–water partition coefficient (Wildman–Crippen LogP) is 2.99. The van der Waals surface area contributed by atoms with E-state index in [1.54, 1.807) is 18.5 Å². The first-order valence-electron chi connectivity index (χ1n) is 15.1. The van der Waals surface area contributed by atoms with Gasteiger partial charge in [-0.25, -0.2) is 9.97 Å². The molecule has 2 saturated heterocycles. The number of piperazine rings is 2. The predicted molar refractivity (Wildman–Crippen MR) is 155 cm³/mol. The Morgan fingerprint density at radius 1 is 0.744 bits per heavy atom. The Kier molecular flexibility index (Phi) is 8.27. The van der Waals surface area contributed by atoms with Crippen molar-refractivity contribution in [1.82, 2.24) is 25.1 Å². The zero-order chi connectivity index (χ0) is 26.6. The smallest absolute Gasteiger partial charge is 0.252 e. The van der Waals surface area contributed by atoms with Gasteiger partial charge in [-0.15, -0.1) is 0 Å². The number of nitrogens with one attached hydrogen (secondary N) is 1. The van der Waals surface area contributed by atoms with Crippen LogP contribution in [-0.2, 0) is 0 Å². The van der Waals surface area contributed by atoms with E-state index in [1.165, 1.54) is 51.4 Å². The topological polar surface area (TPSA) is 93.9 Å². The average Bonchev–Trinajstić information content (AvgIpc) is 3.73. The summed E-state index contributed by atoms with van der Waals surface area (Å²) in [7, 11) is 0. The normalized spacial score (nSPS) is 22.9. The molecule has 1 unspecified atom stereocenters. The number of hydrogen-bond donors (Lipinski definition) is 2. The van der Waals surface area contributed by atoms with Crippen LogP contribution in [0.3, 0.4) is 0 Å². The Balaban J connectivity index is 1.03. The molecule has 4 heterocycles. The molecule has 1 amide bonds. The van der Waals surface area contributed by atoms with Gasteiger partial charge in [-0.1, -0.05) is 25.7 Å². The summed E-state index contributed by atoms with van der Waals surface area (Å²) in [6.07, 6.45) is 13.8. The molecule has 210 valence electrons. The number of aromatic nitrogens is 2. The van der Waals surface area contributed by atoms with Gasteiger partial charge in [0, 0.05) is 82.4 Å². The number of nitrogens with two attached hydrogens (primary N) is 1. The third kappa shape index (κ3) is 6.21. The van der Waals surface area contributed by atoms with Crippen molar-refractivity contribution in [1.29, 1.82) is 0 Å². The largest absolute Gasteiger partial charge is 0.354 e. The van der Waals surface area contributed by atoms with Crippen LogP contribution in [0.5, 0.6) is 0 Å². The van der Waals surface area contributed by atoms with Crippen molar-refractivity contribution in [2.45, 2.75) is 69.6 Å². The van der Waals surface area contributed by atoms with Crippen molar-refractivity contribution >= 4 is 17.5 Å². The van der Waals surface area contributed by atoms with Gasteiger partial charge in [0.25, 0.3) is 5.91 Å². The summed E-state index contributed by atoms with van der Waals surface area (Å²) in [6, 6.07) is 9.11. The van der Waals surface area contributed by atoms with Gasteiger partial charge >= 0.3 is 0 Å². The zero-order valence-corrected chi connectivity index (χ0v) is 23.2. The maximum atomic E-state index is 13.2. The van der Waals surface area contributed by atoms with Gasteiger partial charge in [0.05, 0.1) is 0 Å². The molecule has 4 aliphatic rings. The summed E-state index contributed by atoms with van der Waals surface area (Å²) in [5, 5.41) is 2.99. The van der Waals surface area contributed by atoms with E-state index >= 15 is 0 Å². The molecule has 4 fully saturated rings. The Morgan fingerprint density at radius 2 is 1.23 bits per heavy atom. The van der Waals surface area contributed by atoms with Crippen LogP contribution in [0.2, 0.25) is 0 Å². The van der Waals surface area contributed by atoms with E-state index in [-0.39, 0.29) is 5.91 Å². The standard InChI is InChI=1S/C30H44N8O/c31-29(23-9-11-32-27(21-23)37-17-13-35(14-18-37)25-5-1-2-6-25)34-30(39)24-10-12-33-28(22-24)38-19-15-36(16-20-38)26-7-3-4-8-26/h9-12,21-22,25-26,29H,1-8,13-20,31H2,(H,34,39). The molecule has 0 spiro atoms. The van der Waals surface area contributed by atoms with Crippen LogP contribution in [0.4, 0.5) is 11.6 Å². The lowest BCUT2D eigenvalue weighted by Crippen LogP contribution is -2.50. The van der Waals surface area contributed by atoms with E-state index < -0.39 is 6.17 Å². The Morgan fingerprint density at radius 3 is 1.77 bits per heavy atom. The second kappa shape index (κ2) is 12.2. The number of carbonyl (C=O) groups is 1. The number of carbonyl (C=O) groups excluding carboxylic acids is 1. The fourth-order valence-corrected chi connectivity index (χ4v) is 7.01. The minimum absolute atomic E-state index is 0.181. The molecule has 0 aromatic carbocycles. The molecule has 9 heteroatoms. The number of nitrogens with zero attached hydrogens (tertiary/aromatic N) is 6. The third-order valence-electron chi connectivity index (χ3n) is 9.38. The van der Waals surface area contributed by atoms with Gasteiger partial charge in [-0.3, -0.25) is 14.6 Å². The van der Waals surface area contributed by atoms with Crippen LogP contribution in [-0.4, -0.2) is 90.1 Å². The van der Waals surface area contributed by atoms with Crippen molar-refractivity contribution < 1.29 is 4.79 Å². The van der Waals surface area contributed by atoms with Gasteiger partial charge in [-0.05, 0) is 55.5 Å². The lowest BCUT2D eigenvalue weighted by molar-refractivity contribution is 0.0937. The molecule has 2 aliphatic carbocycles. The fourth-order valence-electron chi connectivity index (χ4n) is 7.01. The molecular weight excluding hydrogens is 488 g/mol.